The number of imidazole rings is 1. The summed E-state index contributed by atoms with van der Waals surface area (Å²) in [6.45, 7) is 14.4. The summed E-state index contributed by atoms with van der Waals surface area (Å²) in [5.74, 6) is 1.75. The minimum atomic E-state index is 0.0638. The van der Waals surface area contributed by atoms with Gasteiger partial charge in [-0.05, 0) is 82.2 Å². The molecule has 0 aliphatic carbocycles. The first kappa shape index (κ1) is 26.7. The summed E-state index contributed by atoms with van der Waals surface area (Å²) in [5, 5.41) is 7.12. The molecule has 3 rings (SSSR count). The summed E-state index contributed by atoms with van der Waals surface area (Å²) < 4.78 is 2.19. The third-order valence-electron chi connectivity index (χ3n) is 6.52. The van der Waals surface area contributed by atoms with Crippen LogP contribution in [0.3, 0.4) is 0 Å². The molecule has 0 saturated heterocycles. The maximum atomic E-state index is 11.6. The van der Waals surface area contributed by atoms with Crippen molar-refractivity contribution in [2.75, 3.05) is 30.3 Å². The molecule has 0 bridgehead atoms. The van der Waals surface area contributed by atoms with Crippen LogP contribution in [-0.2, 0) is 6.54 Å². The highest BCUT2D eigenvalue weighted by Gasteiger charge is 2.15. The molecule has 0 aliphatic rings. The molecule has 1 aromatic carbocycles. The van der Waals surface area contributed by atoms with Crippen molar-refractivity contribution in [2.24, 2.45) is 0 Å². The molecule has 0 atom stereocenters. The van der Waals surface area contributed by atoms with E-state index in [4.69, 9.17) is 9.97 Å². The van der Waals surface area contributed by atoms with Crippen LogP contribution in [0.5, 0.6) is 0 Å². The molecule has 0 saturated carbocycles. The van der Waals surface area contributed by atoms with Gasteiger partial charge in [0.25, 0.3) is 0 Å². The minimum Gasteiger partial charge on any atom is -0.367 e. The Balaban J connectivity index is 1.90. The van der Waals surface area contributed by atoms with E-state index in [9.17, 15) is 4.79 Å². The number of nitrogens with zero attached hydrogens (tertiary/aromatic N) is 4. The fourth-order valence-corrected chi connectivity index (χ4v) is 4.49. The molecule has 3 aromatic rings. The van der Waals surface area contributed by atoms with Crippen molar-refractivity contribution in [3.8, 4) is 0 Å². The van der Waals surface area contributed by atoms with Gasteiger partial charge in [-0.15, -0.1) is 0 Å². The number of hydrogen-bond donors (Lipinski definition) is 2. The van der Waals surface area contributed by atoms with E-state index in [1.165, 1.54) is 0 Å². The van der Waals surface area contributed by atoms with Crippen LogP contribution in [0.4, 0.5) is 17.5 Å². The maximum absolute atomic E-state index is 11.6. The van der Waals surface area contributed by atoms with Crippen LogP contribution in [0.1, 0.15) is 77.1 Å². The maximum Gasteiger partial charge on any atom is 0.209 e. The Bertz CT molecular complexity index is 1060. The van der Waals surface area contributed by atoms with E-state index in [-0.39, 0.29) is 5.78 Å². The fourth-order valence-electron chi connectivity index (χ4n) is 4.49. The number of aryl methyl sites for hydroxylation is 1. The Kier molecular flexibility index (Phi) is 10.1. The highest BCUT2D eigenvalue weighted by Crippen LogP contribution is 2.25. The van der Waals surface area contributed by atoms with Crippen molar-refractivity contribution in [3.63, 3.8) is 0 Å². The number of rotatable bonds is 15. The van der Waals surface area contributed by atoms with Crippen molar-refractivity contribution in [2.45, 2.75) is 79.3 Å². The van der Waals surface area contributed by atoms with Gasteiger partial charge in [-0.3, -0.25) is 9.36 Å². The van der Waals surface area contributed by atoms with Crippen molar-refractivity contribution in [1.29, 1.82) is 0 Å². The Labute approximate surface area is 210 Å². The second-order valence-electron chi connectivity index (χ2n) is 9.18. The molecule has 2 N–H and O–H groups in total. The van der Waals surface area contributed by atoms with Crippen molar-refractivity contribution < 1.29 is 4.79 Å². The molecule has 0 aliphatic heterocycles. The second-order valence-corrected chi connectivity index (χ2v) is 9.18. The van der Waals surface area contributed by atoms with Gasteiger partial charge in [0.2, 0.25) is 5.95 Å². The monoisotopic (exact) mass is 478 g/mol. The zero-order valence-electron chi connectivity index (χ0n) is 22.1. The average molecular weight is 479 g/mol. The summed E-state index contributed by atoms with van der Waals surface area (Å²) in [6.07, 6.45) is 5.59. The molecule has 7 nitrogen and oxygen atoms in total. The topological polar surface area (TPSA) is 75.1 Å². The van der Waals surface area contributed by atoms with Crippen molar-refractivity contribution in [3.05, 3.63) is 42.0 Å². The van der Waals surface area contributed by atoms with Crippen LogP contribution >= 0.6 is 0 Å². The third kappa shape index (κ3) is 7.28. The minimum absolute atomic E-state index is 0.0638. The van der Waals surface area contributed by atoms with Crippen LogP contribution in [0, 0.1) is 0 Å². The number of anilines is 3. The van der Waals surface area contributed by atoms with E-state index in [0.29, 0.717) is 11.6 Å². The van der Waals surface area contributed by atoms with Gasteiger partial charge in [-0.2, -0.15) is 0 Å². The number of benzene rings is 1. The van der Waals surface area contributed by atoms with Crippen LogP contribution in [0.25, 0.3) is 11.2 Å². The first-order valence-corrected chi connectivity index (χ1v) is 13.2. The normalized spacial score (nSPS) is 11.5. The zero-order chi connectivity index (χ0) is 25.2. The van der Waals surface area contributed by atoms with Gasteiger partial charge in [0.05, 0.1) is 0 Å². The van der Waals surface area contributed by atoms with Gasteiger partial charge in [0.1, 0.15) is 11.3 Å². The summed E-state index contributed by atoms with van der Waals surface area (Å²) in [7, 11) is 0. The molecular weight excluding hydrogens is 436 g/mol. The molecule has 2 aromatic heterocycles. The predicted octanol–water partition coefficient (Wildman–Crippen LogP) is 6.49. The summed E-state index contributed by atoms with van der Waals surface area (Å²) in [6, 6.07) is 12.1. The van der Waals surface area contributed by atoms with Gasteiger partial charge in [-0.25, -0.2) is 9.97 Å². The van der Waals surface area contributed by atoms with E-state index < -0.39 is 0 Å². The number of nitrogens with one attached hydrogen (secondary N) is 2. The van der Waals surface area contributed by atoms with Crippen LogP contribution in [0.2, 0.25) is 0 Å². The number of ketones is 1. The third-order valence-corrected chi connectivity index (χ3v) is 6.52. The lowest BCUT2D eigenvalue weighted by Gasteiger charge is -2.19. The van der Waals surface area contributed by atoms with Crippen LogP contribution < -0.4 is 10.6 Å². The van der Waals surface area contributed by atoms with Gasteiger partial charge >= 0.3 is 0 Å². The van der Waals surface area contributed by atoms with Crippen LogP contribution in [-0.4, -0.2) is 50.9 Å². The number of carbonyl (C=O) groups excluding carboxylic acids is 1. The number of pyridine rings is 1. The lowest BCUT2D eigenvalue weighted by molar-refractivity contribution is 0.101. The van der Waals surface area contributed by atoms with E-state index in [1.54, 1.807) is 6.92 Å². The number of fused-ring (bicyclic) bond motifs is 1. The van der Waals surface area contributed by atoms with Crippen LogP contribution in [0.15, 0.2) is 36.4 Å². The smallest absolute Gasteiger partial charge is 0.209 e. The van der Waals surface area contributed by atoms with Gasteiger partial charge in [-0.1, -0.05) is 40.5 Å². The predicted molar refractivity (Wildman–Crippen MR) is 147 cm³/mol. The molecule has 0 radical (unpaired) electrons. The zero-order valence-corrected chi connectivity index (χ0v) is 22.1. The summed E-state index contributed by atoms with van der Waals surface area (Å²) in [4.78, 5) is 24.0. The number of Topliss-reactive ketones (excluding diaryl/α,β-unsaturated/α-hetero) is 1. The standard InChI is InChI=1S/C28H42N6O/c1-6-11-23(12-7-2)29-26-18-17-25-27(32-26)34(20-10-19-33(8-3)9-4)28(31-25)30-24-15-13-22(14-16-24)21(5)35/h13-18,23H,6-12,19-20H2,1-5H3,(H,29,32)(H,30,31). The molecule has 2 heterocycles. The largest absolute Gasteiger partial charge is 0.367 e. The highest BCUT2D eigenvalue weighted by atomic mass is 16.1. The van der Waals surface area contributed by atoms with E-state index in [0.717, 1.165) is 86.9 Å². The summed E-state index contributed by atoms with van der Waals surface area (Å²) in [5.41, 5.74) is 3.38. The van der Waals surface area contributed by atoms with Gasteiger partial charge in [0.15, 0.2) is 11.4 Å². The average Bonchev–Trinajstić information content (AvgIpc) is 3.18. The second kappa shape index (κ2) is 13.2. The van der Waals surface area contributed by atoms with E-state index in [2.05, 4.69) is 53.9 Å². The molecule has 190 valence electrons. The number of aromatic nitrogens is 3. The first-order chi connectivity index (χ1) is 17.0. The molecule has 7 heteroatoms. The number of hydrogen-bond acceptors (Lipinski definition) is 6. The lowest BCUT2D eigenvalue weighted by Crippen LogP contribution is -2.25. The molecule has 0 unspecified atom stereocenters. The first-order valence-electron chi connectivity index (χ1n) is 13.2. The Morgan fingerprint density at radius 2 is 1.66 bits per heavy atom. The molecule has 0 spiro atoms. The Morgan fingerprint density at radius 1 is 0.971 bits per heavy atom. The summed E-state index contributed by atoms with van der Waals surface area (Å²) >= 11 is 0. The molecular formula is C28H42N6O. The molecule has 0 amide bonds. The SMILES string of the molecule is CCCC(CCC)Nc1ccc2nc(Nc3ccc(C(C)=O)cc3)n(CCCN(CC)CC)c2n1. The lowest BCUT2D eigenvalue weighted by atomic mass is 10.1. The van der Waals surface area contributed by atoms with Gasteiger partial charge in [0, 0.05) is 23.8 Å². The van der Waals surface area contributed by atoms with Gasteiger partial charge < -0.3 is 15.5 Å². The Hall–Kier alpha value is -2.93. The fraction of sp³-hybridized carbons (Fsp3) is 0.536. The molecule has 35 heavy (non-hydrogen) atoms. The van der Waals surface area contributed by atoms with E-state index >= 15 is 0 Å². The van der Waals surface area contributed by atoms with Crippen molar-refractivity contribution >= 4 is 34.4 Å². The van der Waals surface area contributed by atoms with Crippen molar-refractivity contribution in [1.82, 2.24) is 19.4 Å². The quantitative estimate of drug-likeness (QED) is 0.243. The number of carbonyl (C=O) groups is 1. The highest BCUT2D eigenvalue weighted by molar-refractivity contribution is 5.94. The van der Waals surface area contributed by atoms with E-state index in [1.807, 2.05) is 30.3 Å². The Morgan fingerprint density at radius 3 is 2.26 bits per heavy atom. The molecule has 0 fully saturated rings.